The highest BCUT2D eigenvalue weighted by molar-refractivity contribution is 6.35. The van der Waals surface area contributed by atoms with Crippen LogP contribution in [0.15, 0.2) is 76.6 Å². The van der Waals surface area contributed by atoms with Gasteiger partial charge < -0.3 is 15.3 Å². The Morgan fingerprint density at radius 1 is 0.932 bits per heavy atom. The van der Waals surface area contributed by atoms with E-state index in [1.807, 2.05) is 68.4 Å². The van der Waals surface area contributed by atoms with E-state index in [0.29, 0.717) is 12.8 Å². The van der Waals surface area contributed by atoms with E-state index >= 15 is 4.79 Å². The third-order valence-corrected chi connectivity index (χ3v) is 10.0. The maximum absolute atomic E-state index is 15.2. The lowest BCUT2D eigenvalue weighted by atomic mass is 9.39. The highest BCUT2D eigenvalue weighted by Gasteiger charge is 2.72. The Morgan fingerprint density at radius 3 is 2.05 bits per heavy atom. The summed E-state index contributed by atoms with van der Waals surface area (Å²) in [6.07, 6.45) is 7.90. The SMILES string of the molecule is C=C(C)[C@@H](CC=C(C)C)C[C@@]12CC(CC=C(C)C)C(C)(C)[C@@](CC=C(C)C)(C(=O)C(C(=O)c3ccc(O)c(O)c3)=C1O)C2=O. The van der Waals surface area contributed by atoms with Crippen LogP contribution in [0.5, 0.6) is 11.5 Å². The number of carbonyl (C=O) groups is 3. The fourth-order valence-corrected chi connectivity index (χ4v) is 7.09. The number of phenols is 2. The van der Waals surface area contributed by atoms with Crippen molar-refractivity contribution in [1.82, 2.24) is 0 Å². The van der Waals surface area contributed by atoms with Gasteiger partial charge in [-0.3, -0.25) is 14.4 Å². The van der Waals surface area contributed by atoms with E-state index in [1.54, 1.807) is 0 Å². The number of Topliss-reactive ketones (excluding diaryl/α,β-unsaturated/α-hetero) is 3. The zero-order chi connectivity index (χ0) is 33.4. The van der Waals surface area contributed by atoms with Crippen molar-refractivity contribution in [3.63, 3.8) is 0 Å². The van der Waals surface area contributed by atoms with Crippen LogP contribution in [0.25, 0.3) is 0 Å². The molecule has 0 radical (unpaired) electrons. The van der Waals surface area contributed by atoms with Crippen LogP contribution in [-0.2, 0) is 9.59 Å². The maximum Gasteiger partial charge on any atom is 0.200 e. The Labute approximate surface area is 263 Å². The molecule has 1 unspecified atom stereocenters. The van der Waals surface area contributed by atoms with Gasteiger partial charge in [-0.25, -0.2) is 0 Å². The number of allylic oxidation sites excluding steroid dienone is 9. The van der Waals surface area contributed by atoms with Gasteiger partial charge in [-0.2, -0.15) is 0 Å². The molecule has 4 atom stereocenters. The average molecular weight is 603 g/mol. The number of hydrogen-bond acceptors (Lipinski definition) is 6. The zero-order valence-corrected chi connectivity index (χ0v) is 27.9. The summed E-state index contributed by atoms with van der Waals surface area (Å²) in [6.45, 7) is 21.9. The van der Waals surface area contributed by atoms with Gasteiger partial charge in [0.2, 0.25) is 0 Å². The van der Waals surface area contributed by atoms with Gasteiger partial charge in [-0.05, 0) is 116 Å². The monoisotopic (exact) mass is 602 g/mol. The second-order valence-electron chi connectivity index (χ2n) is 14.3. The number of rotatable bonds is 11. The minimum atomic E-state index is -1.62. The summed E-state index contributed by atoms with van der Waals surface area (Å²) in [5.41, 5.74) is -0.430. The second-order valence-corrected chi connectivity index (χ2v) is 14.3. The Kier molecular flexibility index (Phi) is 10.1. The molecular weight excluding hydrogens is 552 g/mol. The number of aliphatic hydroxyl groups excluding tert-OH is 1. The second kappa shape index (κ2) is 12.7. The van der Waals surface area contributed by atoms with Crippen molar-refractivity contribution in [2.75, 3.05) is 0 Å². The van der Waals surface area contributed by atoms with Crippen LogP contribution >= 0.6 is 0 Å². The molecule has 6 heteroatoms. The van der Waals surface area contributed by atoms with Crippen molar-refractivity contribution in [2.45, 2.75) is 94.4 Å². The maximum atomic E-state index is 15.2. The molecule has 0 aliphatic heterocycles. The molecule has 44 heavy (non-hydrogen) atoms. The molecule has 1 saturated carbocycles. The third kappa shape index (κ3) is 6.00. The molecule has 2 bridgehead atoms. The molecule has 1 fully saturated rings. The van der Waals surface area contributed by atoms with Crippen LogP contribution in [0, 0.1) is 28.1 Å². The molecule has 0 saturated heterocycles. The van der Waals surface area contributed by atoms with Gasteiger partial charge in [-0.1, -0.05) is 60.9 Å². The van der Waals surface area contributed by atoms with Crippen molar-refractivity contribution in [2.24, 2.45) is 28.1 Å². The van der Waals surface area contributed by atoms with Crippen molar-refractivity contribution < 1.29 is 29.7 Å². The predicted octanol–water partition coefficient (Wildman–Crippen LogP) is 8.91. The molecule has 2 aliphatic carbocycles. The number of carbonyl (C=O) groups excluding carboxylic acids is 3. The number of aromatic hydroxyl groups is 2. The highest BCUT2D eigenvalue weighted by atomic mass is 16.3. The lowest BCUT2D eigenvalue weighted by Crippen LogP contribution is -2.67. The molecule has 3 N–H and O–H groups in total. The minimum Gasteiger partial charge on any atom is -0.510 e. The molecule has 238 valence electrons. The molecule has 1 aromatic carbocycles. The Bertz CT molecular complexity index is 1490. The smallest absolute Gasteiger partial charge is 0.200 e. The number of fused-ring (bicyclic) bond motifs is 2. The van der Waals surface area contributed by atoms with Gasteiger partial charge in [0.05, 0.1) is 5.41 Å². The summed E-state index contributed by atoms with van der Waals surface area (Å²) in [7, 11) is 0. The van der Waals surface area contributed by atoms with Gasteiger partial charge in [-0.15, -0.1) is 0 Å². The van der Waals surface area contributed by atoms with Gasteiger partial charge >= 0.3 is 0 Å². The summed E-state index contributed by atoms with van der Waals surface area (Å²) in [6, 6.07) is 3.56. The topological polar surface area (TPSA) is 112 Å². The molecule has 0 heterocycles. The standard InChI is InChI=1S/C38H50O6/c1-22(2)11-13-27(25(7)8)20-37-21-28(15-12-23(3)4)36(9,10)38(35(37)44,18-17-24(5)6)34(43)31(33(37)42)32(41)26-14-16-29(39)30(40)19-26/h11-12,14,16-17,19,27-28,39-40,42H,7,13,15,18,20-21H2,1-6,8-10H3/t27-,28?,37+,38-/m0/s1. The lowest BCUT2D eigenvalue weighted by Gasteiger charge is -2.60. The van der Waals surface area contributed by atoms with Crippen LogP contribution in [0.1, 0.15) is 105 Å². The molecule has 6 nitrogen and oxygen atoms in total. The first-order valence-corrected chi connectivity index (χ1v) is 15.5. The average Bonchev–Trinajstić information content (AvgIpc) is 2.91. The number of benzene rings is 1. The molecule has 3 rings (SSSR count). The van der Waals surface area contributed by atoms with Crippen LogP contribution in [0.4, 0.5) is 0 Å². The van der Waals surface area contributed by atoms with Crippen LogP contribution < -0.4 is 0 Å². The minimum absolute atomic E-state index is 0.0602. The van der Waals surface area contributed by atoms with Gasteiger partial charge in [0, 0.05) is 5.56 Å². The van der Waals surface area contributed by atoms with Crippen molar-refractivity contribution in [3.8, 4) is 11.5 Å². The first kappa shape index (κ1) is 34.8. The van der Waals surface area contributed by atoms with E-state index in [2.05, 4.69) is 18.7 Å². The van der Waals surface area contributed by atoms with Gasteiger partial charge in [0.25, 0.3) is 0 Å². The summed E-state index contributed by atoms with van der Waals surface area (Å²) < 4.78 is 0. The number of ketones is 3. The number of phenolic OH excluding ortho intramolecular Hbond substituents is 2. The largest absolute Gasteiger partial charge is 0.510 e. The fourth-order valence-electron chi connectivity index (χ4n) is 7.09. The van der Waals surface area contributed by atoms with Crippen LogP contribution in [-0.4, -0.2) is 32.7 Å². The number of aliphatic hydroxyl groups is 1. The van der Waals surface area contributed by atoms with Gasteiger partial charge in [0.1, 0.15) is 16.7 Å². The van der Waals surface area contributed by atoms with E-state index in [9.17, 15) is 24.9 Å². The van der Waals surface area contributed by atoms with E-state index in [4.69, 9.17) is 0 Å². The van der Waals surface area contributed by atoms with E-state index in [1.165, 1.54) is 12.1 Å². The molecule has 0 aromatic heterocycles. The first-order chi connectivity index (χ1) is 20.3. The Balaban J connectivity index is 2.46. The molecular formula is C38H50O6. The third-order valence-electron chi connectivity index (χ3n) is 10.0. The summed E-state index contributed by atoms with van der Waals surface area (Å²) in [4.78, 5) is 44.3. The van der Waals surface area contributed by atoms with E-state index in [0.717, 1.165) is 28.4 Å². The van der Waals surface area contributed by atoms with Crippen LogP contribution in [0.3, 0.4) is 0 Å². The normalized spacial score (nSPS) is 24.8. The quantitative estimate of drug-likeness (QED) is 0.0766. The molecule has 2 aliphatic rings. The molecule has 0 amide bonds. The van der Waals surface area contributed by atoms with Crippen molar-refractivity contribution in [3.05, 3.63) is 82.2 Å². The van der Waals surface area contributed by atoms with E-state index in [-0.39, 0.29) is 42.4 Å². The van der Waals surface area contributed by atoms with Crippen molar-refractivity contribution in [1.29, 1.82) is 0 Å². The van der Waals surface area contributed by atoms with Gasteiger partial charge in [0.15, 0.2) is 28.8 Å². The zero-order valence-electron chi connectivity index (χ0n) is 27.9. The highest BCUT2D eigenvalue weighted by Crippen LogP contribution is 2.67. The molecule has 0 spiro atoms. The first-order valence-electron chi connectivity index (χ1n) is 15.5. The molecule has 1 aromatic rings. The summed E-state index contributed by atoms with van der Waals surface area (Å²) >= 11 is 0. The fraction of sp³-hybridized carbons (Fsp3) is 0.500. The Morgan fingerprint density at radius 2 is 1.52 bits per heavy atom. The summed E-state index contributed by atoms with van der Waals surface area (Å²) in [5, 5.41) is 32.3. The lowest BCUT2D eigenvalue weighted by molar-refractivity contribution is -0.172. The summed E-state index contributed by atoms with van der Waals surface area (Å²) in [5.74, 6) is -3.57. The number of hydrogen-bond donors (Lipinski definition) is 3. The van der Waals surface area contributed by atoms with E-state index < -0.39 is 50.6 Å². The predicted molar refractivity (Wildman–Crippen MR) is 176 cm³/mol. The van der Waals surface area contributed by atoms with Crippen molar-refractivity contribution >= 4 is 17.3 Å². The Hall–Kier alpha value is -3.67. The van der Waals surface area contributed by atoms with Crippen LogP contribution in [0.2, 0.25) is 0 Å².